The Kier molecular flexibility index (Phi) is 4.17. The molecule has 0 spiro atoms. The van der Waals surface area contributed by atoms with Crippen molar-refractivity contribution in [3.05, 3.63) is 35.7 Å². The van der Waals surface area contributed by atoms with Crippen LogP contribution in [0.3, 0.4) is 0 Å². The predicted octanol–water partition coefficient (Wildman–Crippen LogP) is 4.17. The molecule has 1 unspecified atom stereocenters. The summed E-state index contributed by atoms with van der Waals surface area (Å²) in [5.41, 5.74) is 2.25. The van der Waals surface area contributed by atoms with Crippen molar-refractivity contribution in [2.45, 2.75) is 57.4 Å². The first-order valence-corrected chi connectivity index (χ1v) is 8.94. The van der Waals surface area contributed by atoms with E-state index in [0.717, 1.165) is 30.5 Å². The van der Waals surface area contributed by atoms with E-state index in [4.69, 9.17) is 4.42 Å². The largest absolute Gasteiger partial charge is 0.420 e. The minimum atomic E-state index is 0.406. The highest BCUT2D eigenvalue weighted by Gasteiger charge is 2.32. The maximum Gasteiger partial charge on any atom is 0.247 e. The Balaban J connectivity index is 1.44. The molecule has 1 aromatic carbocycles. The van der Waals surface area contributed by atoms with E-state index in [9.17, 15) is 0 Å². The Hall–Kier alpha value is -1.68. The number of rotatable bonds is 3. The van der Waals surface area contributed by atoms with E-state index in [-0.39, 0.29) is 0 Å². The molecule has 2 aromatic rings. The zero-order valence-corrected chi connectivity index (χ0v) is 13.9. The molecule has 0 amide bonds. The summed E-state index contributed by atoms with van der Waals surface area (Å²) in [4.78, 5) is 2.65. The number of aromatic nitrogens is 2. The van der Waals surface area contributed by atoms with Crippen molar-refractivity contribution in [1.82, 2.24) is 15.1 Å². The third-order valence-electron chi connectivity index (χ3n) is 5.40. The first-order valence-electron chi connectivity index (χ1n) is 8.94. The quantitative estimate of drug-likeness (QED) is 0.853. The van der Waals surface area contributed by atoms with Gasteiger partial charge in [0.1, 0.15) is 0 Å². The highest BCUT2D eigenvalue weighted by molar-refractivity contribution is 5.52. The molecule has 0 radical (unpaired) electrons. The fourth-order valence-electron chi connectivity index (χ4n) is 3.98. The zero-order valence-electron chi connectivity index (χ0n) is 13.9. The van der Waals surface area contributed by atoms with Gasteiger partial charge in [-0.05, 0) is 44.9 Å². The van der Waals surface area contributed by atoms with Gasteiger partial charge in [-0.25, -0.2) is 0 Å². The summed E-state index contributed by atoms with van der Waals surface area (Å²) in [5, 5.41) is 8.60. The van der Waals surface area contributed by atoms with Crippen molar-refractivity contribution in [2.75, 3.05) is 13.1 Å². The Morgan fingerprint density at radius 2 is 1.78 bits per heavy atom. The average Bonchev–Trinajstić information content (AvgIpc) is 3.26. The van der Waals surface area contributed by atoms with Crippen LogP contribution in [0.5, 0.6) is 0 Å². The lowest BCUT2D eigenvalue weighted by Crippen LogP contribution is -2.34. The fourth-order valence-corrected chi connectivity index (χ4v) is 3.98. The minimum Gasteiger partial charge on any atom is -0.420 e. The summed E-state index contributed by atoms with van der Waals surface area (Å²) < 4.78 is 5.98. The van der Waals surface area contributed by atoms with Gasteiger partial charge in [0.15, 0.2) is 0 Å². The van der Waals surface area contributed by atoms with Gasteiger partial charge < -0.3 is 4.42 Å². The van der Waals surface area contributed by atoms with Crippen LogP contribution in [-0.2, 0) is 0 Å². The molecule has 1 saturated heterocycles. The number of aryl methyl sites for hydroxylation is 1. The van der Waals surface area contributed by atoms with Crippen molar-refractivity contribution in [3.8, 4) is 11.5 Å². The zero-order chi connectivity index (χ0) is 15.6. The van der Waals surface area contributed by atoms with E-state index in [1.807, 2.05) is 0 Å². The van der Waals surface area contributed by atoms with Crippen LogP contribution in [0.15, 0.2) is 28.7 Å². The van der Waals surface area contributed by atoms with Gasteiger partial charge in [0.2, 0.25) is 11.8 Å². The monoisotopic (exact) mass is 311 g/mol. The van der Waals surface area contributed by atoms with Crippen molar-refractivity contribution in [3.63, 3.8) is 0 Å². The van der Waals surface area contributed by atoms with E-state index < -0.39 is 0 Å². The first-order chi connectivity index (χ1) is 11.3. The summed E-state index contributed by atoms with van der Waals surface area (Å²) in [6.07, 6.45) is 8.08. The molecule has 122 valence electrons. The van der Waals surface area contributed by atoms with Crippen molar-refractivity contribution >= 4 is 0 Å². The summed E-state index contributed by atoms with van der Waals surface area (Å²) in [6, 6.07) is 9.05. The average molecular weight is 311 g/mol. The first kappa shape index (κ1) is 14.9. The van der Waals surface area contributed by atoms with Crippen LogP contribution >= 0.6 is 0 Å². The highest BCUT2D eigenvalue weighted by Crippen LogP contribution is 2.33. The molecule has 4 nitrogen and oxygen atoms in total. The Morgan fingerprint density at radius 1 is 1.00 bits per heavy atom. The van der Waals surface area contributed by atoms with Gasteiger partial charge in [-0.1, -0.05) is 37.0 Å². The molecule has 1 aromatic heterocycles. The van der Waals surface area contributed by atoms with Gasteiger partial charge in [-0.3, -0.25) is 4.90 Å². The van der Waals surface area contributed by atoms with Crippen LogP contribution in [0, 0.1) is 6.92 Å². The Bertz CT molecular complexity index is 643. The fraction of sp³-hybridized carbons (Fsp3) is 0.579. The van der Waals surface area contributed by atoms with Crippen molar-refractivity contribution in [1.29, 1.82) is 0 Å². The molecule has 4 rings (SSSR count). The molecule has 0 bridgehead atoms. The highest BCUT2D eigenvalue weighted by atomic mass is 16.4. The number of benzene rings is 1. The van der Waals surface area contributed by atoms with Crippen molar-refractivity contribution in [2.24, 2.45) is 0 Å². The number of likely N-dealkylation sites (tertiary alicyclic amines) is 1. The SMILES string of the molecule is Cc1ccc(-c2nnc(C3CCN(C4CCCCC4)C3)o2)cc1. The lowest BCUT2D eigenvalue weighted by atomic mass is 9.94. The topological polar surface area (TPSA) is 42.2 Å². The van der Waals surface area contributed by atoms with Gasteiger partial charge in [0, 0.05) is 18.2 Å². The van der Waals surface area contributed by atoms with E-state index in [0.29, 0.717) is 11.8 Å². The molecular formula is C19H25N3O. The van der Waals surface area contributed by atoms with Gasteiger partial charge in [0.25, 0.3) is 0 Å². The summed E-state index contributed by atoms with van der Waals surface area (Å²) in [6.45, 7) is 4.35. The number of nitrogens with zero attached hydrogens (tertiary/aromatic N) is 3. The third kappa shape index (κ3) is 3.18. The van der Waals surface area contributed by atoms with E-state index >= 15 is 0 Å². The van der Waals surface area contributed by atoms with Crippen LogP contribution < -0.4 is 0 Å². The second-order valence-electron chi connectivity index (χ2n) is 7.08. The number of hydrogen-bond donors (Lipinski definition) is 0. The van der Waals surface area contributed by atoms with E-state index in [1.165, 1.54) is 44.2 Å². The lowest BCUT2D eigenvalue weighted by molar-refractivity contribution is 0.187. The van der Waals surface area contributed by atoms with Gasteiger partial charge in [-0.2, -0.15) is 0 Å². The lowest BCUT2D eigenvalue weighted by Gasteiger charge is -2.30. The molecule has 1 saturated carbocycles. The van der Waals surface area contributed by atoms with Crippen LogP contribution in [0.1, 0.15) is 55.9 Å². The van der Waals surface area contributed by atoms with Crippen LogP contribution in [0.4, 0.5) is 0 Å². The predicted molar refractivity (Wildman–Crippen MR) is 90.3 cm³/mol. The van der Waals surface area contributed by atoms with Crippen LogP contribution in [-0.4, -0.2) is 34.2 Å². The second kappa shape index (κ2) is 6.44. The molecule has 2 fully saturated rings. The molecule has 2 aliphatic rings. The maximum absolute atomic E-state index is 5.98. The van der Waals surface area contributed by atoms with Gasteiger partial charge in [-0.15, -0.1) is 10.2 Å². The molecule has 23 heavy (non-hydrogen) atoms. The third-order valence-corrected chi connectivity index (χ3v) is 5.40. The summed E-state index contributed by atoms with van der Waals surface area (Å²) in [7, 11) is 0. The Labute approximate surface area is 137 Å². The van der Waals surface area contributed by atoms with Crippen LogP contribution in [0.2, 0.25) is 0 Å². The summed E-state index contributed by atoms with van der Waals surface area (Å²) >= 11 is 0. The normalized spacial score (nSPS) is 23.4. The molecule has 0 N–H and O–H groups in total. The molecule has 4 heteroatoms. The smallest absolute Gasteiger partial charge is 0.247 e. The van der Waals surface area contributed by atoms with Crippen LogP contribution in [0.25, 0.3) is 11.5 Å². The molecule has 1 aliphatic heterocycles. The molecule has 1 atom stereocenters. The van der Waals surface area contributed by atoms with Crippen molar-refractivity contribution < 1.29 is 4.42 Å². The Morgan fingerprint density at radius 3 is 2.57 bits per heavy atom. The van der Waals surface area contributed by atoms with E-state index in [1.54, 1.807) is 0 Å². The number of hydrogen-bond acceptors (Lipinski definition) is 4. The maximum atomic E-state index is 5.98. The van der Waals surface area contributed by atoms with E-state index in [2.05, 4.69) is 46.3 Å². The van der Waals surface area contributed by atoms with Gasteiger partial charge >= 0.3 is 0 Å². The second-order valence-corrected chi connectivity index (χ2v) is 7.08. The summed E-state index contributed by atoms with van der Waals surface area (Å²) in [5.74, 6) is 1.87. The van der Waals surface area contributed by atoms with Gasteiger partial charge in [0.05, 0.1) is 5.92 Å². The molecule has 1 aliphatic carbocycles. The molecule has 2 heterocycles. The molecular weight excluding hydrogens is 286 g/mol. The minimum absolute atomic E-state index is 0.406. The standard InChI is InChI=1S/C19H25N3O/c1-14-7-9-15(10-8-14)18-20-21-19(23-18)16-11-12-22(13-16)17-5-3-2-4-6-17/h7-10,16-17H,2-6,11-13H2,1H3.